The standard InChI is InChI=1S/C20H22F2N2O2S/c21-16-6-9-19(22)20(13-16)27(25,26)24-11-10-23(17-7-8-17)14-18(24)12-15-4-2-1-3-5-15/h1-6,9,13,17-18H,7-8,10-12,14H2. The Hall–Kier alpha value is -1.83. The summed E-state index contributed by atoms with van der Waals surface area (Å²) in [5.74, 6) is -1.68. The number of rotatable bonds is 5. The van der Waals surface area contributed by atoms with Crippen LogP contribution in [0.2, 0.25) is 0 Å². The molecule has 2 aromatic carbocycles. The second-order valence-corrected chi connectivity index (χ2v) is 9.12. The largest absolute Gasteiger partial charge is 0.297 e. The Morgan fingerprint density at radius 1 is 1.00 bits per heavy atom. The molecular weight excluding hydrogens is 370 g/mol. The van der Waals surface area contributed by atoms with Gasteiger partial charge in [-0.1, -0.05) is 30.3 Å². The second kappa shape index (κ2) is 7.30. The van der Waals surface area contributed by atoms with Gasteiger partial charge in [0.15, 0.2) is 0 Å². The maximum Gasteiger partial charge on any atom is 0.246 e. The monoisotopic (exact) mass is 392 g/mol. The van der Waals surface area contributed by atoms with Crippen LogP contribution in [0, 0.1) is 11.6 Å². The van der Waals surface area contributed by atoms with E-state index in [1.165, 1.54) is 4.31 Å². The van der Waals surface area contributed by atoms with Crippen molar-refractivity contribution in [3.8, 4) is 0 Å². The van der Waals surface area contributed by atoms with E-state index in [-0.39, 0.29) is 12.6 Å². The van der Waals surface area contributed by atoms with E-state index < -0.39 is 26.6 Å². The van der Waals surface area contributed by atoms with Crippen molar-refractivity contribution in [2.45, 2.75) is 36.2 Å². The fourth-order valence-electron chi connectivity index (χ4n) is 3.80. The van der Waals surface area contributed by atoms with Crippen molar-refractivity contribution in [3.05, 3.63) is 65.7 Å². The predicted molar refractivity (Wildman–Crippen MR) is 98.8 cm³/mol. The van der Waals surface area contributed by atoms with Crippen molar-refractivity contribution in [3.63, 3.8) is 0 Å². The van der Waals surface area contributed by atoms with Gasteiger partial charge in [0.2, 0.25) is 10.0 Å². The van der Waals surface area contributed by atoms with Gasteiger partial charge in [0.05, 0.1) is 0 Å². The number of halogens is 2. The van der Waals surface area contributed by atoms with E-state index in [4.69, 9.17) is 0 Å². The summed E-state index contributed by atoms with van der Waals surface area (Å²) in [6.07, 6.45) is 2.83. The SMILES string of the molecule is O=S(=O)(c1cc(F)ccc1F)N1CCN(C2CC2)CC1Cc1ccccc1. The van der Waals surface area contributed by atoms with Crippen LogP contribution in [0.4, 0.5) is 8.78 Å². The maximum atomic E-state index is 14.2. The third kappa shape index (κ3) is 3.90. The number of benzene rings is 2. The van der Waals surface area contributed by atoms with Gasteiger partial charge >= 0.3 is 0 Å². The summed E-state index contributed by atoms with van der Waals surface area (Å²) in [4.78, 5) is 1.74. The van der Waals surface area contributed by atoms with Crippen molar-refractivity contribution in [2.24, 2.45) is 0 Å². The highest BCUT2D eigenvalue weighted by Crippen LogP contribution is 2.32. The molecule has 2 aromatic rings. The zero-order valence-corrected chi connectivity index (χ0v) is 15.7. The average molecular weight is 392 g/mol. The molecule has 7 heteroatoms. The van der Waals surface area contributed by atoms with Gasteiger partial charge < -0.3 is 0 Å². The molecule has 1 unspecified atom stereocenters. The molecular formula is C20H22F2N2O2S. The summed E-state index contributed by atoms with van der Waals surface area (Å²) in [6.45, 7) is 1.51. The lowest BCUT2D eigenvalue weighted by molar-refractivity contribution is 0.128. The molecule has 4 rings (SSSR count). The van der Waals surface area contributed by atoms with Crippen molar-refractivity contribution < 1.29 is 17.2 Å². The minimum atomic E-state index is -4.12. The molecule has 0 spiro atoms. The van der Waals surface area contributed by atoms with E-state index in [0.29, 0.717) is 25.6 Å². The van der Waals surface area contributed by atoms with Gasteiger partial charge in [-0.2, -0.15) is 4.31 Å². The molecule has 0 aromatic heterocycles. The Morgan fingerprint density at radius 3 is 2.44 bits per heavy atom. The Labute approximate surface area is 158 Å². The van der Waals surface area contributed by atoms with Crippen LogP contribution in [-0.2, 0) is 16.4 Å². The molecule has 144 valence electrons. The lowest BCUT2D eigenvalue weighted by Gasteiger charge is -2.41. The molecule has 27 heavy (non-hydrogen) atoms. The lowest BCUT2D eigenvalue weighted by Crippen LogP contribution is -2.56. The van der Waals surface area contributed by atoms with E-state index >= 15 is 0 Å². The summed E-state index contributed by atoms with van der Waals surface area (Å²) < 4.78 is 55.5. The molecule has 0 radical (unpaired) electrons. The zero-order valence-electron chi connectivity index (χ0n) is 14.9. The third-order valence-corrected chi connectivity index (χ3v) is 7.28. The summed E-state index contributed by atoms with van der Waals surface area (Å²) in [6, 6.07) is 12.5. The highest BCUT2D eigenvalue weighted by molar-refractivity contribution is 7.89. The summed E-state index contributed by atoms with van der Waals surface area (Å²) in [5.41, 5.74) is 1.03. The Balaban J connectivity index is 1.66. The first-order valence-electron chi connectivity index (χ1n) is 9.20. The smallest absolute Gasteiger partial charge is 0.246 e. The predicted octanol–water partition coefficient (Wildman–Crippen LogP) is 3.04. The van der Waals surface area contributed by atoms with Gasteiger partial charge in [0.25, 0.3) is 0 Å². The van der Waals surface area contributed by atoms with Gasteiger partial charge in [-0.3, -0.25) is 4.90 Å². The van der Waals surface area contributed by atoms with Crippen LogP contribution in [0.15, 0.2) is 53.4 Å². The first kappa shape index (κ1) is 18.5. The van der Waals surface area contributed by atoms with Gasteiger partial charge in [-0.15, -0.1) is 0 Å². The van der Waals surface area contributed by atoms with Crippen molar-refractivity contribution >= 4 is 10.0 Å². The molecule has 0 bridgehead atoms. The Morgan fingerprint density at radius 2 is 1.74 bits per heavy atom. The van der Waals surface area contributed by atoms with Gasteiger partial charge in [0.1, 0.15) is 16.5 Å². The Bertz CT molecular complexity index is 917. The van der Waals surface area contributed by atoms with E-state index in [9.17, 15) is 17.2 Å². The molecule has 4 nitrogen and oxygen atoms in total. The number of hydrogen-bond acceptors (Lipinski definition) is 3. The fraction of sp³-hybridized carbons (Fsp3) is 0.400. The van der Waals surface area contributed by atoms with Crippen LogP contribution >= 0.6 is 0 Å². The van der Waals surface area contributed by atoms with Gasteiger partial charge in [0, 0.05) is 31.7 Å². The molecule has 0 amide bonds. The molecule has 0 N–H and O–H groups in total. The molecule has 1 saturated carbocycles. The van der Waals surface area contributed by atoms with E-state index in [1.807, 2.05) is 30.3 Å². The first-order valence-corrected chi connectivity index (χ1v) is 10.6. The van der Waals surface area contributed by atoms with E-state index in [1.54, 1.807) is 0 Å². The van der Waals surface area contributed by atoms with Crippen molar-refractivity contribution in [1.82, 2.24) is 9.21 Å². The van der Waals surface area contributed by atoms with E-state index in [0.717, 1.165) is 36.6 Å². The number of piperazine rings is 1. The maximum absolute atomic E-state index is 14.2. The van der Waals surface area contributed by atoms with Crippen molar-refractivity contribution in [2.75, 3.05) is 19.6 Å². The minimum absolute atomic E-state index is 0.284. The number of nitrogens with zero attached hydrogens (tertiary/aromatic N) is 2. The van der Waals surface area contributed by atoms with Gasteiger partial charge in [-0.25, -0.2) is 17.2 Å². The molecule has 1 saturated heterocycles. The highest BCUT2D eigenvalue weighted by atomic mass is 32.2. The molecule has 2 fully saturated rings. The average Bonchev–Trinajstić information content (AvgIpc) is 3.49. The van der Waals surface area contributed by atoms with Gasteiger partial charge in [-0.05, 0) is 43.0 Å². The molecule has 1 aliphatic carbocycles. The molecule has 2 aliphatic rings. The minimum Gasteiger partial charge on any atom is -0.297 e. The van der Waals surface area contributed by atoms with Crippen molar-refractivity contribution in [1.29, 1.82) is 0 Å². The second-order valence-electron chi connectivity index (χ2n) is 7.26. The van der Waals surface area contributed by atoms with E-state index in [2.05, 4.69) is 4.90 Å². The van der Waals surface area contributed by atoms with Crippen LogP contribution in [0.25, 0.3) is 0 Å². The van der Waals surface area contributed by atoms with Crippen LogP contribution in [0.1, 0.15) is 18.4 Å². The Kier molecular flexibility index (Phi) is 5.01. The lowest BCUT2D eigenvalue weighted by atomic mass is 10.0. The van der Waals surface area contributed by atoms with Crippen LogP contribution in [0.5, 0.6) is 0 Å². The zero-order chi connectivity index (χ0) is 19.0. The number of sulfonamides is 1. The summed E-state index contributed by atoms with van der Waals surface area (Å²) in [7, 11) is -4.12. The molecule has 1 aliphatic heterocycles. The molecule has 1 atom stereocenters. The van der Waals surface area contributed by atoms with Crippen LogP contribution in [0.3, 0.4) is 0 Å². The summed E-state index contributed by atoms with van der Waals surface area (Å²) in [5, 5.41) is 0. The number of hydrogen-bond donors (Lipinski definition) is 0. The summed E-state index contributed by atoms with van der Waals surface area (Å²) >= 11 is 0. The quantitative estimate of drug-likeness (QED) is 0.785. The van der Waals surface area contributed by atoms with Crippen LogP contribution in [-0.4, -0.2) is 49.3 Å². The fourth-order valence-corrected chi connectivity index (χ4v) is 5.49. The third-order valence-electron chi connectivity index (χ3n) is 5.32. The highest BCUT2D eigenvalue weighted by Gasteiger charge is 2.41. The molecule has 1 heterocycles. The first-order chi connectivity index (χ1) is 12.9. The van der Waals surface area contributed by atoms with Crippen LogP contribution < -0.4 is 0 Å². The topological polar surface area (TPSA) is 40.6 Å². The normalized spacial score (nSPS) is 22.1.